The number of hydrogen-bond donors (Lipinski definition) is 2. The standard InChI is InChI=1S/C19H18ClN3O3/c20-16-4-2-1-3-13(16)10-23-11-14(9-17(23)24)19(26)22-15-7-5-12(6-8-15)18(21)25/h1-8,14H,9-11H2,(H2,21,25)(H,22,26)/t14-/m0/s1. The van der Waals surface area contributed by atoms with Gasteiger partial charge in [0.05, 0.1) is 5.92 Å². The summed E-state index contributed by atoms with van der Waals surface area (Å²) in [6, 6.07) is 13.6. The lowest BCUT2D eigenvalue weighted by Crippen LogP contribution is -2.28. The maximum Gasteiger partial charge on any atom is 0.248 e. The minimum atomic E-state index is -0.528. The van der Waals surface area contributed by atoms with E-state index in [1.807, 2.05) is 18.2 Å². The highest BCUT2D eigenvalue weighted by Gasteiger charge is 2.34. The first-order valence-corrected chi connectivity index (χ1v) is 8.54. The van der Waals surface area contributed by atoms with Crippen LogP contribution in [-0.2, 0) is 16.1 Å². The van der Waals surface area contributed by atoms with Gasteiger partial charge in [-0.05, 0) is 35.9 Å². The zero-order valence-electron chi connectivity index (χ0n) is 13.9. The van der Waals surface area contributed by atoms with Crippen molar-refractivity contribution in [3.8, 4) is 0 Å². The molecule has 2 aromatic carbocycles. The number of amides is 3. The lowest BCUT2D eigenvalue weighted by atomic mass is 10.1. The molecule has 1 heterocycles. The molecule has 0 saturated carbocycles. The van der Waals surface area contributed by atoms with Crippen LogP contribution in [0.1, 0.15) is 22.3 Å². The Morgan fingerprint density at radius 1 is 1.15 bits per heavy atom. The van der Waals surface area contributed by atoms with Crippen molar-refractivity contribution in [3.05, 3.63) is 64.7 Å². The van der Waals surface area contributed by atoms with Crippen LogP contribution in [0.4, 0.5) is 5.69 Å². The predicted octanol–water partition coefficient (Wildman–Crippen LogP) is 2.43. The minimum absolute atomic E-state index is 0.0749. The fourth-order valence-corrected chi connectivity index (χ4v) is 3.09. The lowest BCUT2D eigenvalue weighted by molar-refractivity contribution is -0.128. The second kappa shape index (κ2) is 7.58. The summed E-state index contributed by atoms with van der Waals surface area (Å²) in [5.41, 5.74) is 6.96. The van der Waals surface area contributed by atoms with Crippen molar-refractivity contribution in [2.75, 3.05) is 11.9 Å². The molecule has 3 N–H and O–H groups in total. The maximum atomic E-state index is 12.4. The summed E-state index contributed by atoms with van der Waals surface area (Å²) in [4.78, 5) is 37.4. The summed E-state index contributed by atoms with van der Waals surface area (Å²) in [6.07, 6.45) is 0.162. The van der Waals surface area contributed by atoms with Crippen LogP contribution in [0.15, 0.2) is 48.5 Å². The average molecular weight is 372 g/mol. The number of benzene rings is 2. The van der Waals surface area contributed by atoms with Crippen molar-refractivity contribution in [2.45, 2.75) is 13.0 Å². The van der Waals surface area contributed by atoms with E-state index in [4.69, 9.17) is 17.3 Å². The highest BCUT2D eigenvalue weighted by Crippen LogP contribution is 2.24. The molecule has 3 rings (SSSR count). The summed E-state index contributed by atoms with van der Waals surface area (Å²) in [6.45, 7) is 0.727. The van der Waals surface area contributed by atoms with Crippen molar-refractivity contribution in [1.82, 2.24) is 4.90 Å². The Balaban J connectivity index is 1.61. The van der Waals surface area contributed by atoms with Crippen LogP contribution < -0.4 is 11.1 Å². The summed E-state index contributed by atoms with van der Waals surface area (Å²) in [5.74, 6) is -1.26. The number of carbonyl (C=O) groups excluding carboxylic acids is 3. The zero-order valence-corrected chi connectivity index (χ0v) is 14.7. The molecule has 0 aliphatic carbocycles. The van der Waals surface area contributed by atoms with Crippen molar-refractivity contribution in [2.24, 2.45) is 11.7 Å². The highest BCUT2D eigenvalue weighted by molar-refractivity contribution is 6.31. The Bertz CT molecular complexity index is 851. The predicted molar refractivity (Wildman–Crippen MR) is 98.6 cm³/mol. The number of likely N-dealkylation sites (tertiary alicyclic amines) is 1. The second-order valence-electron chi connectivity index (χ2n) is 6.20. The van der Waals surface area contributed by atoms with Crippen LogP contribution in [-0.4, -0.2) is 29.2 Å². The highest BCUT2D eigenvalue weighted by atomic mass is 35.5. The second-order valence-corrected chi connectivity index (χ2v) is 6.60. The molecule has 0 radical (unpaired) electrons. The number of hydrogen-bond acceptors (Lipinski definition) is 3. The molecule has 2 aromatic rings. The van der Waals surface area contributed by atoms with E-state index in [1.165, 1.54) is 0 Å². The van der Waals surface area contributed by atoms with Gasteiger partial charge >= 0.3 is 0 Å². The fourth-order valence-electron chi connectivity index (χ4n) is 2.90. The van der Waals surface area contributed by atoms with Gasteiger partial charge in [-0.1, -0.05) is 29.8 Å². The summed E-state index contributed by atoms with van der Waals surface area (Å²) >= 11 is 6.14. The van der Waals surface area contributed by atoms with Gasteiger partial charge in [0, 0.05) is 35.8 Å². The van der Waals surface area contributed by atoms with Crippen molar-refractivity contribution >= 4 is 35.0 Å². The average Bonchev–Trinajstić information content (AvgIpc) is 2.98. The number of anilines is 1. The molecule has 134 valence electrons. The van der Waals surface area contributed by atoms with Gasteiger partial charge < -0.3 is 16.0 Å². The van der Waals surface area contributed by atoms with Gasteiger partial charge in [0.1, 0.15) is 0 Å². The van der Waals surface area contributed by atoms with Crippen LogP contribution >= 0.6 is 11.6 Å². The van der Waals surface area contributed by atoms with E-state index < -0.39 is 11.8 Å². The van der Waals surface area contributed by atoms with Gasteiger partial charge in [0.2, 0.25) is 17.7 Å². The monoisotopic (exact) mass is 371 g/mol. The molecule has 0 unspecified atom stereocenters. The molecule has 3 amide bonds. The number of nitrogens with two attached hydrogens (primary N) is 1. The molecule has 1 saturated heterocycles. The number of rotatable bonds is 5. The first kappa shape index (κ1) is 17.9. The molecule has 1 aliphatic heterocycles. The van der Waals surface area contributed by atoms with Gasteiger partial charge in [-0.15, -0.1) is 0 Å². The Morgan fingerprint density at radius 3 is 2.50 bits per heavy atom. The van der Waals surface area contributed by atoms with E-state index in [2.05, 4.69) is 5.32 Å². The topological polar surface area (TPSA) is 92.5 Å². The van der Waals surface area contributed by atoms with Crippen LogP contribution in [0.2, 0.25) is 5.02 Å². The Hall–Kier alpha value is -2.86. The molecule has 7 heteroatoms. The van der Waals surface area contributed by atoms with E-state index in [-0.39, 0.29) is 18.2 Å². The molecule has 0 spiro atoms. The van der Waals surface area contributed by atoms with E-state index in [1.54, 1.807) is 35.2 Å². The summed E-state index contributed by atoms with van der Waals surface area (Å²) < 4.78 is 0. The number of halogens is 1. The molecule has 0 aromatic heterocycles. The first-order chi connectivity index (χ1) is 12.4. The van der Waals surface area contributed by atoms with Gasteiger partial charge in [0.15, 0.2) is 0 Å². The fraction of sp³-hybridized carbons (Fsp3) is 0.211. The lowest BCUT2D eigenvalue weighted by Gasteiger charge is -2.17. The SMILES string of the molecule is NC(=O)c1ccc(NC(=O)[C@H]2CC(=O)N(Cc3ccccc3Cl)C2)cc1. The third-order valence-electron chi connectivity index (χ3n) is 4.34. The molecule has 26 heavy (non-hydrogen) atoms. The Labute approximate surface area is 155 Å². The van der Waals surface area contributed by atoms with Crippen LogP contribution in [0.3, 0.4) is 0 Å². The van der Waals surface area contributed by atoms with Crippen molar-refractivity contribution in [3.63, 3.8) is 0 Å². The smallest absolute Gasteiger partial charge is 0.248 e. The van der Waals surface area contributed by atoms with Gasteiger partial charge in [0.25, 0.3) is 0 Å². The third-order valence-corrected chi connectivity index (χ3v) is 4.71. The van der Waals surface area contributed by atoms with Crippen LogP contribution in [0, 0.1) is 5.92 Å². The normalized spacial score (nSPS) is 16.6. The number of nitrogens with zero attached hydrogens (tertiary/aromatic N) is 1. The molecule has 1 atom stereocenters. The molecule has 1 fully saturated rings. The summed E-state index contributed by atoms with van der Waals surface area (Å²) in [5, 5.41) is 3.37. The quantitative estimate of drug-likeness (QED) is 0.845. The zero-order chi connectivity index (χ0) is 18.7. The van der Waals surface area contributed by atoms with E-state index in [9.17, 15) is 14.4 Å². The Morgan fingerprint density at radius 2 is 1.85 bits per heavy atom. The van der Waals surface area contributed by atoms with E-state index in [0.29, 0.717) is 29.4 Å². The van der Waals surface area contributed by atoms with Crippen molar-refractivity contribution in [1.29, 1.82) is 0 Å². The molecule has 1 aliphatic rings. The van der Waals surface area contributed by atoms with Crippen molar-refractivity contribution < 1.29 is 14.4 Å². The minimum Gasteiger partial charge on any atom is -0.366 e. The largest absolute Gasteiger partial charge is 0.366 e. The number of primary amides is 1. The van der Waals surface area contributed by atoms with E-state index in [0.717, 1.165) is 5.56 Å². The maximum absolute atomic E-state index is 12.4. The first-order valence-electron chi connectivity index (χ1n) is 8.16. The van der Waals surface area contributed by atoms with Gasteiger partial charge in [-0.25, -0.2) is 0 Å². The van der Waals surface area contributed by atoms with Crippen LogP contribution in [0.25, 0.3) is 0 Å². The summed E-state index contributed by atoms with van der Waals surface area (Å²) in [7, 11) is 0. The molecular formula is C19H18ClN3O3. The number of carbonyl (C=O) groups is 3. The Kier molecular flexibility index (Phi) is 5.23. The molecule has 6 nitrogen and oxygen atoms in total. The van der Waals surface area contributed by atoms with E-state index >= 15 is 0 Å². The molecule has 0 bridgehead atoms. The van der Waals surface area contributed by atoms with Crippen LogP contribution in [0.5, 0.6) is 0 Å². The number of nitrogens with one attached hydrogen (secondary N) is 1. The van der Waals surface area contributed by atoms with Gasteiger partial charge in [-0.3, -0.25) is 14.4 Å². The van der Waals surface area contributed by atoms with Gasteiger partial charge in [-0.2, -0.15) is 0 Å². The molecular weight excluding hydrogens is 354 g/mol. The third kappa shape index (κ3) is 4.03.